The fourth-order valence-corrected chi connectivity index (χ4v) is 2.58. The van der Waals surface area contributed by atoms with E-state index in [-0.39, 0.29) is 11.8 Å². The summed E-state index contributed by atoms with van der Waals surface area (Å²) >= 11 is 0. The van der Waals surface area contributed by atoms with Crippen LogP contribution in [0.15, 0.2) is 0 Å². The molecule has 1 heterocycles. The van der Waals surface area contributed by atoms with Gasteiger partial charge in [-0.3, -0.25) is 14.7 Å². The third-order valence-electron chi connectivity index (χ3n) is 3.97. The standard InChI is InChI=1S/C14H20N4O2/c1-18(8-7-12(19)15-9-5-6-9)14(20)13-10-3-2-4-11(10)16-17-13/h9H,2-8H2,1H3,(H,15,19)(H,16,17). The van der Waals surface area contributed by atoms with Crippen molar-refractivity contribution in [3.05, 3.63) is 17.0 Å². The highest BCUT2D eigenvalue weighted by Gasteiger charge is 2.26. The molecule has 20 heavy (non-hydrogen) atoms. The molecule has 108 valence electrons. The maximum absolute atomic E-state index is 12.3. The van der Waals surface area contributed by atoms with Gasteiger partial charge < -0.3 is 10.2 Å². The molecule has 2 aliphatic carbocycles. The minimum Gasteiger partial charge on any atom is -0.353 e. The van der Waals surface area contributed by atoms with E-state index >= 15 is 0 Å². The number of aryl methyl sites for hydroxylation is 1. The van der Waals surface area contributed by atoms with Gasteiger partial charge in [-0.05, 0) is 32.1 Å². The van der Waals surface area contributed by atoms with E-state index in [2.05, 4.69) is 15.5 Å². The monoisotopic (exact) mass is 276 g/mol. The number of amides is 2. The van der Waals surface area contributed by atoms with E-state index in [1.165, 1.54) is 0 Å². The maximum Gasteiger partial charge on any atom is 0.274 e. The zero-order valence-corrected chi connectivity index (χ0v) is 11.7. The van der Waals surface area contributed by atoms with Gasteiger partial charge in [-0.1, -0.05) is 0 Å². The van der Waals surface area contributed by atoms with Crippen molar-refractivity contribution >= 4 is 11.8 Å². The van der Waals surface area contributed by atoms with Gasteiger partial charge >= 0.3 is 0 Å². The molecule has 1 saturated carbocycles. The quantitative estimate of drug-likeness (QED) is 0.828. The Morgan fingerprint density at radius 3 is 2.95 bits per heavy atom. The number of hydrogen-bond acceptors (Lipinski definition) is 3. The van der Waals surface area contributed by atoms with Gasteiger partial charge in [-0.25, -0.2) is 0 Å². The summed E-state index contributed by atoms with van der Waals surface area (Å²) in [6, 6.07) is 0.373. The van der Waals surface area contributed by atoms with Crippen molar-refractivity contribution in [2.75, 3.05) is 13.6 Å². The molecule has 2 N–H and O–H groups in total. The predicted octanol–water partition coefficient (Wildman–Crippen LogP) is 0.639. The first kappa shape index (κ1) is 13.1. The first-order valence-electron chi connectivity index (χ1n) is 7.26. The molecular formula is C14H20N4O2. The van der Waals surface area contributed by atoms with Crippen molar-refractivity contribution < 1.29 is 9.59 Å². The first-order valence-corrected chi connectivity index (χ1v) is 7.26. The molecule has 0 unspecified atom stereocenters. The highest BCUT2D eigenvalue weighted by atomic mass is 16.2. The normalized spacial score (nSPS) is 16.9. The van der Waals surface area contributed by atoms with Gasteiger partial charge in [0, 0.05) is 37.3 Å². The Kier molecular flexibility index (Phi) is 3.46. The van der Waals surface area contributed by atoms with Crippen molar-refractivity contribution in [2.45, 2.75) is 44.6 Å². The number of rotatable bonds is 5. The zero-order valence-electron chi connectivity index (χ0n) is 11.7. The van der Waals surface area contributed by atoms with E-state index in [0.717, 1.165) is 43.4 Å². The van der Waals surface area contributed by atoms with Gasteiger partial charge in [-0.15, -0.1) is 0 Å². The molecule has 1 fully saturated rings. The molecule has 3 rings (SSSR count). The van der Waals surface area contributed by atoms with Gasteiger partial charge in [0.2, 0.25) is 5.91 Å². The van der Waals surface area contributed by atoms with Gasteiger partial charge in [0.25, 0.3) is 5.91 Å². The number of carbonyl (C=O) groups excluding carboxylic acids is 2. The molecule has 0 bridgehead atoms. The minimum absolute atomic E-state index is 0.0272. The van der Waals surface area contributed by atoms with Crippen molar-refractivity contribution in [3.63, 3.8) is 0 Å². The smallest absolute Gasteiger partial charge is 0.274 e. The summed E-state index contributed by atoms with van der Waals surface area (Å²) in [7, 11) is 1.72. The number of aromatic nitrogens is 2. The fourth-order valence-electron chi connectivity index (χ4n) is 2.58. The third-order valence-corrected chi connectivity index (χ3v) is 3.97. The average Bonchev–Trinajstić information content (AvgIpc) is 2.97. The lowest BCUT2D eigenvalue weighted by molar-refractivity contribution is -0.121. The summed E-state index contributed by atoms with van der Waals surface area (Å²) in [4.78, 5) is 25.5. The molecule has 1 aromatic rings. The van der Waals surface area contributed by atoms with E-state index in [0.29, 0.717) is 24.7 Å². The second kappa shape index (κ2) is 5.26. The molecular weight excluding hydrogens is 256 g/mol. The Bertz CT molecular complexity index is 533. The minimum atomic E-state index is -0.0939. The van der Waals surface area contributed by atoms with Gasteiger partial charge in [0.15, 0.2) is 5.69 Å². The summed E-state index contributed by atoms with van der Waals surface area (Å²) in [5, 5.41) is 10.00. The molecule has 0 radical (unpaired) electrons. The third kappa shape index (κ3) is 2.69. The number of H-pyrrole nitrogens is 1. The first-order chi connectivity index (χ1) is 9.65. The molecule has 0 aliphatic heterocycles. The Morgan fingerprint density at radius 2 is 2.20 bits per heavy atom. The number of nitrogens with one attached hydrogen (secondary N) is 2. The Morgan fingerprint density at radius 1 is 1.40 bits per heavy atom. The zero-order chi connectivity index (χ0) is 14.1. The van der Waals surface area contributed by atoms with Crippen LogP contribution >= 0.6 is 0 Å². The largest absolute Gasteiger partial charge is 0.353 e. The number of carbonyl (C=O) groups is 2. The maximum atomic E-state index is 12.3. The second-order valence-corrected chi connectivity index (χ2v) is 5.70. The second-order valence-electron chi connectivity index (χ2n) is 5.70. The lowest BCUT2D eigenvalue weighted by Crippen LogP contribution is -2.33. The van der Waals surface area contributed by atoms with E-state index in [1.54, 1.807) is 11.9 Å². The van der Waals surface area contributed by atoms with Crippen LogP contribution in [0, 0.1) is 0 Å². The van der Waals surface area contributed by atoms with Crippen LogP contribution in [0.1, 0.15) is 47.4 Å². The Balaban J connectivity index is 1.54. The summed E-state index contributed by atoms with van der Waals surface area (Å²) < 4.78 is 0. The van der Waals surface area contributed by atoms with Crippen LogP contribution in [-0.4, -0.2) is 46.5 Å². The van der Waals surface area contributed by atoms with E-state index in [4.69, 9.17) is 0 Å². The topological polar surface area (TPSA) is 78.1 Å². The molecule has 2 aliphatic rings. The molecule has 0 spiro atoms. The lowest BCUT2D eigenvalue weighted by atomic mass is 10.2. The molecule has 0 atom stereocenters. The van der Waals surface area contributed by atoms with Crippen molar-refractivity contribution in [1.82, 2.24) is 20.4 Å². The lowest BCUT2D eigenvalue weighted by Gasteiger charge is -2.16. The van der Waals surface area contributed by atoms with Crippen LogP contribution in [0.4, 0.5) is 0 Å². The number of fused-ring (bicyclic) bond motifs is 1. The molecule has 0 saturated heterocycles. The predicted molar refractivity (Wildman–Crippen MR) is 73.4 cm³/mol. The van der Waals surface area contributed by atoms with Crippen molar-refractivity contribution in [1.29, 1.82) is 0 Å². The number of nitrogens with zero attached hydrogens (tertiary/aromatic N) is 2. The summed E-state index contributed by atoms with van der Waals surface area (Å²) in [5.74, 6) is -0.0666. The van der Waals surface area contributed by atoms with Gasteiger partial charge in [0.1, 0.15) is 0 Å². The highest BCUT2D eigenvalue weighted by molar-refractivity contribution is 5.94. The Hall–Kier alpha value is -1.85. The molecule has 6 nitrogen and oxygen atoms in total. The Labute approximate surface area is 117 Å². The fraction of sp³-hybridized carbons (Fsp3) is 0.643. The molecule has 2 amide bonds. The van der Waals surface area contributed by atoms with Crippen molar-refractivity contribution in [3.8, 4) is 0 Å². The van der Waals surface area contributed by atoms with Gasteiger partial charge in [0.05, 0.1) is 0 Å². The SMILES string of the molecule is CN(CCC(=O)NC1CC1)C(=O)c1n[nH]c2c1CCC2. The number of hydrogen-bond donors (Lipinski definition) is 2. The van der Waals surface area contributed by atoms with Crippen molar-refractivity contribution in [2.24, 2.45) is 0 Å². The average molecular weight is 276 g/mol. The van der Waals surface area contributed by atoms with E-state index < -0.39 is 0 Å². The van der Waals surface area contributed by atoms with Crippen LogP contribution in [0.3, 0.4) is 0 Å². The summed E-state index contributed by atoms with van der Waals surface area (Å²) in [6.07, 6.45) is 5.49. The van der Waals surface area contributed by atoms with Crippen LogP contribution < -0.4 is 5.32 Å². The highest BCUT2D eigenvalue weighted by Crippen LogP contribution is 2.23. The summed E-state index contributed by atoms with van der Waals surface area (Å²) in [5.41, 5.74) is 2.68. The van der Waals surface area contributed by atoms with Crippen LogP contribution in [-0.2, 0) is 17.6 Å². The van der Waals surface area contributed by atoms with Crippen LogP contribution in [0.5, 0.6) is 0 Å². The molecule has 0 aromatic carbocycles. The van der Waals surface area contributed by atoms with E-state index in [1.807, 2.05) is 0 Å². The van der Waals surface area contributed by atoms with E-state index in [9.17, 15) is 9.59 Å². The van der Waals surface area contributed by atoms with Crippen LogP contribution in [0.2, 0.25) is 0 Å². The van der Waals surface area contributed by atoms with Crippen LogP contribution in [0.25, 0.3) is 0 Å². The molecule has 1 aromatic heterocycles. The van der Waals surface area contributed by atoms with Gasteiger partial charge in [-0.2, -0.15) is 5.10 Å². The summed E-state index contributed by atoms with van der Waals surface area (Å²) in [6.45, 7) is 0.430. The number of aromatic amines is 1. The molecule has 6 heteroatoms.